The van der Waals surface area contributed by atoms with Crippen molar-refractivity contribution in [2.75, 3.05) is 13.7 Å². The fourth-order valence-corrected chi connectivity index (χ4v) is 2.54. The molecule has 0 fully saturated rings. The van der Waals surface area contributed by atoms with Crippen LogP contribution in [0.1, 0.15) is 11.1 Å². The summed E-state index contributed by atoms with van der Waals surface area (Å²) in [6, 6.07) is 17.3. The molecule has 0 aliphatic carbocycles. The molecule has 0 atom stereocenters. The third-order valence-corrected chi connectivity index (χ3v) is 4.00. The van der Waals surface area contributed by atoms with E-state index in [0.29, 0.717) is 23.7 Å². The highest BCUT2D eigenvalue weighted by Gasteiger charge is 2.10. The zero-order chi connectivity index (χ0) is 17.4. The number of nitriles is 2. The summed E-state index contributed by atoms with van der Waals surface area (Å²) in [6.07, 6.45) is 2.29. The molecule has 0 radical (unpaired) electrons. The van der Waals surface area contributed by atoms with Crippen LogP contribution in [-0.2, 0) is 6.42 Å². The summed E-state index contributed by atoms with van der Waals surface area (Å²) in [7, 11) is 1.55. The molecule has 0 aromatic heterocycles. The summed E-state index contributed by atoms with van der Waals surface area (Å²) in [5, 5.41) is 17.7. The fraction of sp³-hybridized carbons (Fsp3) is 0.158. The third kappa shape index (κ3) is 4.62. The van der Waals surface area contributed by atoms with E-state index >= 15 is 0 Å². The van der Waals surface area contributed by atoms with E-state index in [1.807, 2.05) is 30.3 Å². The van der Waals surface area contributed by atoms with E-state index in [2.05, 4.69) is 28.1 Å². The maximum Gasteiger partial charge on any atom is 0.162 e. The molecule has 2 rings (SSSR count). The van der Waals surface area contributed by atoms with E-state index in [1.54, 1.807) is 19.2 Å². The highest BCUT2D eigenvalue weighted by molar-refractivity contribution is 9.10. The Bertz CT molecular complexity index is 802. The molecule has 0 aliphatic heterocycles. The molecule has 0 spiro atoms. The molecule has 24 heavy (non-hydrogen) atoms. The van der Waals surface area contributed by atoms with E-state index in [1.165, 1.54) is 11.6 Å². The standard InChI is InChI=1S/C19H15BrN2O2/c1-23-18-10-16(9-15(12-21)13-22)17(20)11-19(18)24-8-7-14-5-3-2-4-6-14/h2-6,9-11H,7-8H2,1H3. The van der Waals surface area contributed by atoms with Gasteiger partial charge in [0.25, 0.3) is 0 Å². The van der Waals surface area contributed by atoms with E-state index < -0.39 is 0 Å². The Morgan fingerprint density at radius 3 is 2.46 bits per heavy atom. The van der Waals surface area contributed by atoms with Gasteiger partial charge in [0.15, 0.2) is 11.5 Å². The zero-order valence-corrected chi connectivity index (χ0v) is 14.7. The lowest BCUT2D eigenvalue weighted by atomic mass is 10.1. The predicted octanol–water partition coefficient (Wildman–Crippen LogP) is 4.51. The van der Waals surface area contributed by atoms with Gasteiger partial charge in [0, 0.05) is 10.9 Å². The number of methoxy groups -OCH3 is 1. The van der Waals surface area contributed by atoms with Crippen molar-refractivity contribution in [1.29, 1.82) is 10.5 Å². The molecule has 0 N–H and O–H groups in total. The Kier molecular flexibility index (Phi) is 6.42. The van der Waals surface area contributed by atoms with Gasteiger partial charge in [-0.15, -0.1) is 0 Å². The second-order valence-electron chi connectivity index (χ2n) is 4.89. The van der Waals surface area contributed by atoms with Crippen molar-refractivity contribution in [3.05, 3.63) is 63.6 Å². The molecule has 0 saturated carbocycles. The molecule has 0 aliphatic rings. The quantitative estimate of drug-likeness (QED) is 0.689. The van der Waals surface area contributed by atoms with Crippen LogP contribution in [0.5, 0.6) is 11.5 Å². The highest BCUT2D eigenvalue weighted by atomic mass is 79.9. The molecular formula is C19H15BrN2O2. The number of allylic oxidation sites excluding steroid dienone is 1. The summed E-state index contributed by atoms with van der Waals surface area (Å²) >= 11 is 3.44. The summed E-state index contributed by atoms with van der Waals surface area (Å²) < 4.78 is 11.9. The van der Waals surface area contributed by atoms with Gasteiger partial charge in [-0.05, 0) is 29.3 Å². The van der Waals surface area contributed by atoms with Gasteiger partial charge in [-0.2, -0.15) is 10.5 Å². The van der Waals surface area contributed by atoms with Gasteiger partial charge >= 0.3 is 0 Å². The van der Waals surface area contributed by atoms with Crippen LogP contribution in [0.3, 0.4) is 0 Å². The van der Waals surface area contributed by atoms with E-state index in [-0.39, 0.29) is 5.57 Å². The third-order valence-electron chi connectivity index (χ3n) is 3.31. The Morgan fingerprint density at radius 2 is 1.83 bits per heavy atom. The van der Waals surface area contributed by atoms with Gasteiger partial charge in [-0.25, -0.2) is 0 Å². The Hall–Kier alpha value is -2.76. The molecule has 4 nitrogen and oxygen atoms in total. The first-order valence-corrected chi connectivity index (χ1v) is 8.03. The summed E-state index contributed by atoms with van der Waals surface area (Å²) in [5.74, 6) is 1.15. The topological polar surface area (TPSA) is 66.0 Å². The van der Waals surface area contributed by atoms with Crippen molar-refractivity contribution >= 4 is 22.0 Å². The SMILES string of the molecule is COc1cc(C=C(C#N)C#N)c(Br)cc1OCCc1ccccc1. The maximum absolute atomic E-state index is 8.87. The molecule has 0 unspecified atom stereocenters. The van der Waals surface area contributed by atoms with Gasteiger partial charge in [-0.1, -0.05) is 46.3 Å². The molecule has 0 saturated heterocycles. The van der Waals surface area contributed by atoms with Crippen molar-refractivity contribution in [2.45, 2.75) is 6.42 Å². The van der Waals surface area contributed by atoms with E-state index in [0.717, 1.165) is 10.9 Å². The van der Waals surface area contributed by atoms with Crippen LogP contribution in [0.25, 0.3) is 6.08 Å². The predicted molar refractivity (Wildman–Crippen MR) is 95.5 cm³/mol. The monoisotopic (exact) mass is 382 g/mol. The van der Waals surface area contributed by atoms with Gasteiger partial charge < -0.3 is 9.47 Å². The normalized spacial score (nSPS) is 9.50. The van der Waals surface area contributed by atoms with Crippen molar-refractivity contribution in [3.63, 3.8) is 0 Å². The van der Waals surface area contributed by atoms with Crippen molar-refractivity contribution in [3.8, 4) is 23.6 Å². The minimum atomic E-state index is 0.0236. The lowest BCUT2D eigenvalue weighted by molar-refractivity contribution is 0.297. The maximum atomic E-state index is 8.87. The Labute approximate surface area is 149 Å². The smallest absolute Gasteiger partial charge is 0.162 e. The molecule has 0 amide bonds. The number of rotatable bonds is 6. The average Bonchev–Trinajstić information content (AvgIpc) is 2.62. The molecule has 2 aromatic carbocycles. The van der Waals surface area contributed by atoms with Gasteiger partial charge in [-0.3, -0.25) is 0 Å². The average molecular weight is 383 g/mol. The molecule has 5 heteroatoms. The van der Waals surface area contributed by atoms with E-state index in [9.17, 15) is 0 Å². The summed E-state index contributed by atoms with van der Waals surface area (Å²) in [5.41, 5.74) is 1.90. The first-order valence-electron chi connectivity index (χ1n) is 7.24. The Balaban J connectivity index is 2.16. The van der Waals surface area contributed by atoms with Gasteiger partial charge in [0.05, 0.1) is 13.7 Å². The molecular weight excluding hydrogens is 368 g/mol. The minimum Gasteiger partial charge on any atom is -0.493 e. The first kappa shape index (κ1) is 17.6. The van der Waals surface area contributed by atoms with Gasteiger partial charge in [0.1, 0.15) is 17.7 Å². The number of ether oxygens (including phenoxy) is 2. The number of nitrogens with zero attached hydrogens (tertiary/aromatic N) is 2. The van der Waals surface area contributed by atoms with Crippen LogP contribution in [0.15, 0.2) is 52.5 Å². The largest absolute Gasteiger partial charge is 0.493 e. The number of hydrogen-bond donors (Lipinski definition) is 0. The van der Waals surface area contributed by atoms with E-state index in [4.69, 9.17) is 20.0 Å². The fourth-order valence-electron chi connectivity index (χ4n) is 2.10. The molecule has 2 aromatic rings. The van der Waals surface area contributed by atoms with Crippen LogP contribution in [0, 0.1) is 22.7 Å². The van der Waals surface area contributed by atoms with Crippen LogP contribution < -0.4 is 9.47 Å². The van der Waals surface area contributed by atoms with Crippen molar-refractivity contribution < 1.29 is 9.47 Å². The van der Waals surface area contributed by atoms with Crippen LogP contribution in [0.4, 0.5) is 0 Å². The zero-order valence-electron chi connectivity index (χ0n) is 13.1. The molecule has 120 valence electrons. The second-order valence-corrected chi connectivity index (χ2v) is 5.74. The van der Waals surface area contributed by atoms with Crippen LogP contribution in [0.2, 0.25) is 0 Å². The lowest BCUT2D eigenvalue weighted by Crippen LogP contribution is -2.03. The van der Waals surface area contributed by atoms with Crippen LogP contribution >= 0.6 is 15.9 Å². The van der Waals surface area contributed by atoms with Gasteiger partial charge in [0.2, 0.25) is 0 Å². The first-order chi connectivity index (χ1) is 11.7. The number of benzene rings is 2. The minimum absolute atomic E-state index is 0.0236. The summed E-state index contributed by atoms with van der Waals surface area (Å²) in [6.45, 7) is 0.518. The van der Waals surface area contributed by atoms with Crippen molar-refractivity contribution in [1.82, 2.24) is 0 Å². The highest BCUT2D eigenvalue weighted by Crippen LogP contribution is 2.34. The van der Waals surface area contributed by atoms with Crippen molar-refractivity contribution in [2.24, 2.45) is 0 Å². The lowest BCUT2D eigenvalue weighted by Gasteiger charge is -2.13. The van der Waals surface area contributed by atoms with Crippen LogP contribution in [-0.4, -0.2) is 13.7 Å². The molecule has 0 bridgehead atoms. The number of halogens is 1. The molecule has 0 heterocycles. The second kappa shape index (κ2) is 8.76. The summed E-state index contributed by atoms with van der Waals surface area (Å²) in [4.78, 5) is 0. The number of hydrogen-bond acceptors (Lipinski definition) is 4. The Morgan fingerprint density at radius 1 is 1.12 bits per heavy atom.